The molecule has 0 amide bonds. The van der Waals surface area contributed by atoms with Crippen LogP contribution in [0.4, 0.5) is 4.39 Å². The molecule has 3 N–H and O–H groups in total. The Balaban J connectivity index is 1.84. The van der Waals surface area contributed by atoms with E-state index >= 15 is 0 Å². The number of hydrogen-bond donors (Lipinski definition) is 3. The van der Waals surface area contributed by atoms with Crippen molar-refractivity contribution in [2.75, 3.05) is 6.54 Å². The molecular weight excluding hydrogens is 245 g/mol. The molecule has 0 heterocycles. The Morgan fingerprint density at radius 2 is 1.84 bits per heavy atom. The van der Waals surface area contributed by atoms with E-state index in [0.717, 1.165) is 5.56 Å². The quantitative estimate of drug-likeness (QED) is 0.774. The highest BCUT2D eigenvalue weighted by molar-refractivity contribution is 5.27. The second kappa shape index (κ2) is 6.31. The van der Waals surface area contributed by atoms with Crippen molar-refractivity contribution < 1.29 is 14.6 Å². The minimum absolute atomic E-state index is 0.221. The lowest BCUT2D eigenvalue weighted by Gasteiger charge is -2.12. The fourth-order valence-electron chi connectivity index (χ4n) is 1.82. The van der Waals surface area contributed by atoms with Crippen LogP contribution in [0.25, 0.3) is 0 Å². The van der Waals surface area contributed by atoms with Gasteiger partial charge in [-0.05, 0) is 35.4 Å². The van der Waals surface area contributed by atoms with E-state index in [1.54, 1.807) is 30.3 Å². The van der Waals surface area contributed by atoms with E-state index in [4.69, 9.17) is 0 Å². The van der Waals surface area contributed by atoms with Gasteiger partial charge in [0, 0.05) is 13.1 Å². The number of phenols is 1. The van der Waals surface area contributed by atoms with Gasteiger partial charge in [0.25, 0.3) is 0 Å². The number of benzene rings is 2. The summed E-state index contributed by atoms with van der Waals surface area (Å²) in [5.74, 6) is -0.0953. The van der Waals surface area contributed by atoms with Gasteiger partial charge >= 0.3 is 0 Å². The molecule has 0 fully saturated rings. The average molecular weight is 261 g/mol. The molecule has 4 heteroatoms. The van der Waals surface area contributed by atoms with Crippen LogP contribution in [0.2, 0.25) is 0 Å². The molecule has 1 unspecified atom stereocenters. The lowest BCUT2D eigenvalue weighted by atomic mass is 10.1. The fraction of sp³-hybridized carbons (Fsp3) is 0.200. The first-order valence-corrected chi connectivity index (χ1v) is 6.07. The predicted molar refractivity (Wildman–Crippen MR) is 71.2 cm³/mol. The Bertz CT molecular complexity index is 528. The van der Waals surface area contributed by atoms with Crippen LogP contribution in [0, 0.1) is 5.82 Å². The molecule has 2 rings (SSSR count). The number of aliphatic hydroxyl groups excluding tert-OH is 1. The molecule has 0 bridgehead atoms. The SMILES string of the molecule is Oc1cccc(CNCC(O)c2ccc(F)cc2)c1. The highest BCUT2D eigenvalue weighted by atomic mass is 19.1. The Hall–Kier alpha value is -1.91. The van der Waals surface area contributed by atoms with Gasteiger partial charge < -0.3 is 15.5 Å². The number of nitrogens with one attached hydrogen (secondary N) is 1. The van der Waals surface area contributed by atoms with Gasteiger partial charge in [-0.15, -0.1) is 0 Å². The van der Waals surface area contributed by atoms with Gasteiger partial charge in [-0.1, -0.05) is 24.3 Å². The minimum Gasteiger partial charge on any atom is -0.508 e. The summed E-state index contributed by atoms with van der Waals surface area (Å²) >= 11 is 0. The predicted octanol–water partition coefficient (Wildman–Crippen LogP) is 2.35. The molecule has 2 aromatic rings. The maximum Gasteiger partial charge on any atom is 0.123 e. The molecule has 1 atom stereocenters. The van der Waals surface area contributed by atoms with Gasteiger partial charge in [0.1, 0.15) is 11.6 Å². The summed E-state index contributed by atoms with van der Waals surface area (Å²) in [5.41, 5.74) is 1.61. The maximum atomic E-state index is 12.7. The lowest BCUT2D eigenvalue weighted by Crippen LogP contribution is -2.21. The first-order valence-electron chi connectivity index (χ1n) is 6.07. The van der Waals surface area contributed by atoms with E-state index in [-0.39, 0.29) is 11.6 Å². The molecule has 0 spiro atoms. The van der Waals surface area contributed by atoms with Crippen molar-refractivity contribution in [1.29, 1.82) is 0 Å². The lowest BCUT2D eigenvalue weighted by molar-refractivity contribution is 0.174. The van der Waals surface area contributed by atoms with E-state index < -0.39 is 6.10 Å². The Morgan fingerprint density at radius 1 is 1.11 bits per heavy atom. The Labute approximate surface area is 111 Å². The molecule has 0 aliphatic rings. The van der Waals surface area contributed by atoms with Crippen LogP contribution < -0.4 is 5.32 Å². The second-order valence-corrected chi connectivity index (χ2v) is 4.37. The molecule has 0 aliphatic carbocycles. The van der Waals surface area contributed by atoms with E-state index in [1.807, 2.05) is 6.07 Å². The molecule has 0 saturated heterocycles. The van der Waals surface area contributed by atoms with Crippen molar-refractivity contribution in [3.05, 3.63) is 65.5 Å². The van der Waals surface area contributed by atoms with E-state index in [0.29, 0.717) is 18.7 Å². The number of hydrogen-bond acceptors (Lipinski definition) is 3. The summed E-state index contributed by atoms with van der Waals surface area (Å²) < 4.78 is 12.7. The van der Waals surface area contributed by atoms with Crippen molar-refractivity contribution >= 4 is 0 Å². The van der Waals surface area contributed by atoms with Crippen LogP contribution in [0.15, 0.2) is 48.5 Å². The monoisotopic (exact) mass is 261 g/mol. The van der Waals surface area contributed by atoms with Crippen molar-refractivity contribution in [1.82, 2.24) is 5.32 Å². The van der Waals surface area contributed by atoms with Crippen molar-refractivity contribution in [2.45, 2.75) is 12.6 Å². The van der Waals surface area contributed by atoms with Crippen LogP contribution in [0.5, 0.6) is 5.75 Å². The standard InChI is InChI=1S/C15H16FNO2/c16-13-6-4-12(5-7-13)15(19)10-17-9-11-2-1-3-14(18)8-11/h1-8,15,17-19H,9-10H2. The van der Waals surface area contributed by atoms with E-state index in [1.165, 1.54) is 12.1 Å². The highest BCUT2D eigenvalue weighted by Crippen LogP contribution is 2.13. The summed E-state index contributed by atoms with van der Waals surface area (Å²) in [6, 6.07) is 12.7. The van der Waals surface area contributed by atoms with Crippen molar-refractivity contribution in [3.8, 4) is 5.75 Å². The van der Waals surface area contributed by atoms with Gasteiger partial charge in [-0.25, -0.2) is 4.39 Å². The zero-order valence-corrected chi connectivity index (χ0v) is 10.4. The fourth-order valence-corrected chi connectivity index (χ4v) is 1.82. The molecule has 0 aliphatic heterocycles. The number of aliphatic hydroxyl groups is 1. The summed E-state index contributed by atoms with van der Waals surface area (Å²) in [6.07, 6.45) is -0.682. The van der Waals surface area contributed by atoms with Gasteiger partial charge in [-0.3, -0.25) is 0 Å². The summed E-state index contributed by atoms with van der Waals surface area (Å²) in [5, 5.41) is 22.3. The molecule has 0 saturated carbocycles. The Morgan fingerprint density at radius 3 is 2.53 bits per heavy atom. The van der Waals surface area contributed by atoms with Gasteiger partial charge in [0.2, 0.25) is 0 Å². The first kappa shape index (κ1) is 13.5. The summed E-state index contributed by atoms with van der Waals surface area (Å²) in [7, 11) is 0. The summed E-state index contributed by atoms with van der Waals surface area (Å²) in [6.45, 7) is 0.911. The third-order valence-corrected chi connectivity index (χ3v) is 2.83. The zero-order chi connectivity index (χ0) is 13.7. The number of halogens is 1. The molecule has 0 radical (unpaired) electrons. The third kappa shape index (κ3) is 4.05. The van der Waals surface area contributed by atoms with Gasteiger partial charge in [0.05, 0.1) is 6.10 Å². The maximum absolute atomic E-state index is 12.7. The second-order valence-electron chi connectivity index (χ2n) is 4.37. The average Bonchev–Trinajstić information content (AvgIpc) is 2.39. The minimum atomic E-state index is -0.682. The Kier molecular flexibility index (Phi) is 4.49. The molecule has 100 valence electrons. The van der Waals surface area contributed by atoms with Crippen LogP contribution in [-0.4, -0.2) is 16.8 Å². The van der Waals surface area contributed by atoms with Crippen LogP contribution in [0.3, 0.4) is 0 Å². The van der Waals surface area contributed by atoms with Crippen molar-refractivity contribution in [2.24, 2.45) is 0 Å². The van der Waals surface area contributed by atoms with Crippen LogP contribution in [-0.2, 0) is 6.54 Å². The molecule has 0 aromatic heterocycles. The van der Waals surface area contributed by atoms with Crippen LogP contribution in [0.1, 0.15) is 17.2 Å². The number of aromatic hydroxyl groups is 1. The number of phenolic OH excluding ortho intramolecular Hbond substituents is 1. The first-order chi connectivity index (χ1) is 9.15. The van der Waals surface area contributed by atoms with Crippen molar-refractivity contribution in [3.63, 3.8) is 0 Å². The molecular formula is C15H16FNO2. The summed E-state index contributed by atoms with van der Waals surface area (Å²) in [4.78, 5) is 0. The molecule has 2 aromatic carbocycles. The van der Waals surface area contributed by atoms with Gasteiger partial charge in [-0.2, -0.15) is 0 Å². The molecule has 19 heavy (non-hydrogen) atoms. The zero-order valence-electron chi connectivity index (χ0n) is 10.4. The topological polar surface area (TPSA) is 52.5 Å². The largest absolute Gasteiger partial charge is 0.508 e. The van der Waals surface area contributed by atoms with E-state index in [9.17, 15) is 14.6 Å². The van der Waals surface area contributed by atoms with E-state index in [2.05, 4.69) is 5.32 Å². The van der Waals surface area contributed by atoms with Gasteiger partial charge in [0.15, 0.2) is 0 Å². The normalized spacial score (nSPS) is 12.3. The highest BCUT2D eigenvalue weighted by Gasteiger charge is 2.06. The smallest absolute Gasteiger partial charge is 0.123 e. The number of rotatable bonds is 5. The molecule has 3 nitrogen and oxygen atoms in total. The third-order valence-electron chi connectivity index (χ3n) is 2.83. The van der Waals surface area contributed by atoms with Crippen LogP contribution >= 0.6 is 0 Å².